The maximum absolute atomic E-state index is 6.08. The molecule has 0 radical (unpaired) electrons. The first-order valence-corrected chi connectivity index (χ1v) is 6.62. The molecule has 4 heteroatoms. The van der Waals surface area contributed by atoms with Crippen molar-refractivity contribution in [3.8, 4) is 11.3 Å². The molecule has 88 valence electrons. The minimum Gasteiger partial charge on any atom is -0.318 e. The summed E-state index contributed by atoms with van der Waals surface area (Å²) >= 11 is 3.48. The number of rotatable bonds is 1. The van der Waals surface area contributed by atoms with Crippen LogP contribution in [0.2, 0.25) is 0 Å². The fraction of sp³-hybridized carbons (Fsp3) is 0.308. The van der Waals surface area contributed by atoms with Gasteiger partial charge in [0.2, 0.25) is 0 Å². The molecule has 0 amide bonds. The number of hydrogen-bond donors (Lipinski definition) is 1. The number of nitrogens with zero attached hydrogens (tertiary/aromatic N) is 2. The van der Waals surface area contributed by atoms with Gasteiger partial charge in [-0.05, 0) is 25.0 Å². The van der Waals surface area contributed by atoms with Crippen molar-refractivity contribution in [2.45, 2.75) is 25.4 Å². The third-order valence-electron chi connectivity index (χ3n) is 3.19. The van der Waals surface area contributed by atoms with Crippen molar-refractivity contribution in [1.29, 1.82) is 0 Å². The molecule has 0 fully saturated rings. The van der Waals surface area contributed by atoms with E-state index in [9.17, 15) is 0 Å². The van der Waals surface area contributed by atoms with E-state index in [0.717, 1.165) is 40.8 Å². The fourth-order valence-corrected chi connectivity index (χ4v) is 2.70. The Hall–Kier alpha value is -1.13. The van der Waals surface area contributed by atoms with Gasteiger partial charge in [0.1, 0.15) is 5.82 Å². The molecule has 1 atom stereocenters. The molecule has 1 unspecified atom stereocenters. The average Bonchev–Trinajstić information content (AvgIpc) is 2.74. The highest BCUT2D eigenvalue weighted by atomic mass is 79.9. The summed E-state index contributed by atoms with van der Waals surface area (Å²) in [6.07, 6.45) is 5.37. The molecule has 1 aliphatic rings. The van der Waals surface area contributed by atoms with Gasteiger partial charge in [-0.15, -0.1) is 0 Å². The Balaban J connectivity index is 2.05. The molecule has 17 heavy (non-hydrogen) atoms. The smallest absolute Gasteiger partial charge is 0.110 e. The van der Waals surface area contributed by atoms with E-state index < -0.39 is 0 Å². The molecule has 0 saturated heterocycles. The van der Waals surface area contributed by atoms with Crippen molar-refractivity contribution >= 4 is 15.9 Å². The number of hydrogen-bond acceptors (Lipinski definition) is 2. The van der Waals surface area contributed by atoms with Gasteiger partial charge in [0.25, 0.3) is 0 Å². The Morgan fingerprint density at radius 2 is 2.29 bits per heavy atom. The number of aryl methyl sites for hydroxylation is 1. The van der Waals surface area contributed by atoms with Gasteiger partial charge in [0.15, 0.2) is 0 Å². The van der Waals surface area contributed by atoms with Crippen molar-refractivity contribution in [2.24, 2.45) is 5.73 Å². The number of imidazole rings is 1. The van der Waals surface area contributed by atoms with Crippen LogP contribution in [-0.2, 0) is 6.42 Å². The number of halogens is 1. The van der Waals surface area contributed by atoms with Crippen molar-refractivity contribution < 1.29 is 0 Å². The first kappa shape index (κ1) is 11.0. The predicted octanol–water partition coefficient (Wildman–Crippen LogP) is 3.11. The zero-order chi connectivity index (χ0) is 11.8. The lowest BCUT2D eigenvalue weighted by Gasteiger charge is -2.20. The van der Waals surface area contributed by atoms with Crippen LogP contribution in [0.1, 0.15) is 24.8 Å². The Labute approximate surface area is 109 Å². The van der Waals surface area contributed by atoms with Crippen LogP contribution in [0.15, 0.2) is 34.9 Å². The third-order valence-corrected chi connectivity index (χ3v) is 3.68. The molecule has 2 N–H and O–H groups in total. The van der Waals surface area contributed by atoms with E-state index in [-0.39, 0.29) is 6.17 Å². The van der Waals surface area contributed by atoms with Gasteiger partial charge in [-0.1, -0.05) is 28.1 Å². The van der Waals surface area contributed by atoms with E-state index in [1.165, 1.54) is 0 Å². The third kappa shape index (κ3) is 2.03. The molecule has 1 aliphatic heterocycles. The highest BCUT2D eigenvalue weighted by molar-refractivity contribution is 9.10. The van der Waals surface area contributed by atoms with Crippen LogP contribution in [0.25, 0.3) is 11.3 Å². The zero-order valence-electron chi connectivity index (χ0n) is 9.44. The van der Waals surface area contributed by atoms with Gasteiger partial charge in [-0.25, -0.2) is 4.98 Å². The Morgan fingerprint density at radius 1 is 1.41 bits per heavy atom. The van der Waals surface area contributed by atoms with E-state index in [1.807, 2.05) is 12.1 Å². The Bertz CT molecular complexity index is 547. The lowest BCUT2D eigenvalue weighted by Crippen LogP contribution is -2.24. The quantitative estimate of drug-likeness (QED) is 0.877. The van der Waals surface area contributed by atoms with Crippen LogP contribution in [-0.4, -0.2) is 9.55 Å². The molecular formula is C13H14BrN3. The number of fused-ring (bicyclic) bond motifs is 1. The van der Waals surface area contributed by atoms with E-state index >= 15 is 0 Å². The fourth-order valence-electron chi connectivity index (χ4n) is 2.30. The lowest BCUT2D eigenvalue weighted by molar-refractivity contribution is 0.408. The molecule has 0 bridgehead atoms. The van der Waals surface area contributed by atoms with E-state index in [1.54, 1.807) is 0 Å². The van der Waals surface area contributed by atoms with Crippen LogP contribution in [0, 0.1) is 0 Å². The summed E-state index contributed by atoms with van der Waals surface area (Å²) in [7, 11) is 0. The normalized spacial score (nSPS) is 19.1. The van der Waals surface area contributed by atoms with Crippen molar-refractivity contribution in [3.05, 3.63) is 40.8 Å². The molecule has 0 aliphatic carbocycles. The van der Waals surface area contributed by atoms with E-state index in [4.69, 9.17) is 5.73 Å². The van der Waals surface area contributed by atoms with Gasteiger partial charge in [0.05, 0.1) is 11.9 Å². The largest absolute Gasteiger partial charge is 0.318 e. The number of aromatic nitrogens is 2. The minimum atomic E-state index is 0.0900. The predicted molar refractivity (Wildman–Crippen MR) is 71.5 cm³/mol. The van der Waals surface area contributed by atoms with Crippen LogP contribution < -0.4 is 5.73 Å². The lowest BCUT2D eigenvalue weighted by atomic mass is 10.1. The second kappa shape index (κ2) is 4.27. The highest BCUT2D eigenvalue weighted by Gasteiger charge is 2.18. The van der Waals surface area contributed by atoms with Crippen LogP contribution >= 0.6 is 15.9 Å². The standard InChI is InChI=1S/C13H14BrN3/c14-10-4-1-3-9(7-10)11-8-17-12(15)5-2-6-13(17)16-11/h1,3-4,7-8,12H,2,5-6,15H2. The van der Waals surface area contributed by atoms with Crippen LogP contribution in [0.4, 0.5) is 0 Å². The van der Waals surface area contributed by atoms with Crippen molar-refractivity contribution in [1.82, 2.24) is 9.55 Å². The Morgan fingerprint density at radius 3 is 3.06 bits per heavy atom. The van der Waals surface area contributed by atoms with Gasteiger partial charge in [-0.2, -0.15) is 0 Å². The highest BCUT2D eigenvalue weighted by Crippen LogP contribution is 2.27. The van der Waals surface area contributed by atoms with Crippen LogP contribution in [0.3, 0.4) is 0 Å². The zero-order valence-corrected chi connectivity index (χ0v) is 11.0. The topological polar surface area (TPSA) is 43.8 Å². The van der Waals surface area contributed by atoms with Crippen LogP contribution in [0.5, 0.6) is 0 Å². The monoisotopic (exact) mass is 291 g/mol. The Kier molecular flexibility index (Phi) is 2.76. The van der Waals surface area contributed by atoms with Gasteiger partial charge < -0.3 is 10.3 Å². The summed E-state index contributed by atoms with van der Waals surface area (Å²) in [5, 5.41) is 0. The summed E-state index contributed by atoms with van der Waals surface area (Å²) in [4.78, 5) is 4.67. The van der Waals surface area contributed by atoms with Crippen molar-refractivity contribution in [3.63, 3.8) is 0 Å². The summed E-state index contributed by atoms with van der Waals surface area (Å²) in [5.74, 6) is 1.11. The van der Waals surface area contributed by atoms with Gasteiger partial charge in [0, 0.05) is 22.7 Å². The molecule has 0 saturated carbocycles. The molecule has 3 nitrogen and oxygen atoms in total. The van der Waals surface area contributed by atoms with Gasteiger partial charge >= 0.3 is 0 Å². The second-order valence-electron chi connectivity index (χ2n) is 4.42. The summed E-state index contributed by atoms with van der Waals surface area (Å²) in [6.45, 7) is 0. The molecule has 0 spiro atoms. The SMILES string of the molecule is NC1CCCc2nc(-c3cccc(Br)c3)cn21. The molecule has 3 rings (SSSR count). The maximum atomic E-state index is 6.08. The molecule has 1 aromatic carbocycles. The second-order valence-corrected chi connectivity index (χ2v) is 5.34. The summed E-state index contributed by atoms with van der Waals surface area (Å²) < 4.78 is 3.19. The summed E-state index contributed by atoms with van der Waals surface area (Å²) in [6, 6.07) is 8.20. The minimum absolute atomic E-state index is 0.0900. The summed E-state index contributed by atoms with van der Waals surface area (Å²) in [5.41, 5.74) is 8.23. The van der Waals surface area contributed by atoms with Gasteiger partial charge in [-0.3, -0.25) is 0 Å². The number of benzene rings is 1. The molecule has 2 aromatic rings. The van der Waals surface area contributed by atoms with E-state index in [2.05, 4.69) is 43.8 Å². The number of nitrogens with two attached hydrogens (primary N) is 1. The molecule has 1 aromatic heterocycles. The maximum Gasteiger partial charge on any atom is 0.110 e. The average molecular weight is 292 g/mol. The first-order valence-electron chi connectivity index (χ1n) is 5.83. The molecular weight excluding hydrogens is 278 g/mol. The molecule has 2 heterocycles. The van der Waals surface area contributed by atoms with E-state index in [0.29, 0.717) is 0 Å². The first-order chi connectivity index (χ1) is 8.24. The van der Waals surface area contributed by atoms with Crippen molar-refractivity contribution in [2.75, 3.05) is 0 Å².